The normalized spacial score (nSPS) is 10.4. The Balaban J connectivity index is 2.36. The van der Waals surface area contributed by atoms with Crippen molar-refractivity contribution >= 4 is 56.6 Å². The van der Waals surface area contributed by atoms with Gasteiger partial charge in [-0.15, -0.1) is 0 Å². The average molecular weight is 366 g/mol. The molecule has 1 aromatic heterocycles. The van der Waals surface area contributed by atoms with E-state index in [0.29, 0.717) is 21.9 Å². The van der Waals surface area contributed by atoms with E-state index in [0.717, 1.165) is 0 Å². The summed E-state index contributed by atoms with van der Waals surface area (Å²) in [4.78, 5) is 8.23. The van der Waals surface area contributed by atoms with Gasteiger partial charge in [0.25, 0.3) is 0 Å². The van der Waals surface area contributed by atoms with E-state index in [9.17, 15) is 4.39 Å². The van der Waals surface area contributed by atoms with Crippen LogP contribution in [-0.4, -0.2) is 17.0 Å². The summed E-state index contributed by atoms with van der Waals surface area (Å²) >= 11 is 14.8. The highest BCUT2D eigenvalue weighted by Crippen LogP contribution is 2.30. The Morgan fingerprint density at radius 2 is 1.89 bits per heavy atom. The molecule has 0 atom stereocenters. The van der Waals surface area contributed by atoms with Gasteiger partial charge in [0.05, 0.1) is 14.5 Å². The Hall–Kier alpha value is -1.11. The molecule has 0 aliphatic rings. The largest absolute Gasteiger partial charge is 0.357 e. The maximum Gasteiger partial charge on any atom is 0.224 e. The predicted molar refractivity (Wildman–Crippen MR) is 79.0 cm³/mol. The summed E-state index contributed by atoms with van der Waals surface area (Å²) in [6.07, 6.45) is 1.59. The standard InChI is InChI=1S/C11H8BrCl2FN4/c1-16-11-17-4-6(12)10(19-11)18-5-2-7(13)9(15)8(14)3-5/h2-4H,1H3,(H2,16,17,18,19). The molecule has 19 heavy (non-hydrogen) atoms. The molecule has 0 saturated heterocycles. The van der Waals surface area contributed by atoms with Crippen LogP contribution in [0.5, 0.6) is 0 Å². The van der Waals surface area contributed by atoms with Crippen LogP contribution in [0.3, 0.4) is 0 Å². The molecule has 2 N–H and O–H groups in total. The van der Waals surface area contributed by atoms with Gasteiger partial charge in [0.2, 0.25) is 5.95 Å². The van der Waals surface area contributed by atoms with Crippen LogP contribution in [0.15, 0.2) is 22.8 Å². The number of hydrogen-bond donors (Lipinski definition) is 2. The second-order valence-electron chi connectivity index (χ2n) is 3.52. The van der Waals surface area contributed by atoms with Crippen molar-refractivity contribution in [2.75, 3.05) is 17.7 Å². The van der Waals surface area contributed by atoms with Crippen LogP contribution in [0.25, 0.3) is 0 Å². The smallest absolute Gasteiger partial charge is 0.224 e. The van der Waals surface area contributed by atoms with Gasteiger partial charge in [-0.1, -0.05) is 23.2 Å². The summed E-state index contributed by atoms with van der Waals surface area (Å²) < 4.78 is 14.0. The third-order valence-electron chi connectivity index (χ3n) is 2.21. The summed E-state index contributed by atoms with van der Waals surface area (Å²) in [6.45, 7) is 0. The number of rotatable bonds is 3. The Morgan fingerprint density at radius 3 is 2.47 bits per heavy atom. The number of hydrogen-bond acceptors (Lipinski definition) is 4. The molecule has 0 bridgehead atoms. The zero-order valence-corrected chi connectivity index (χ0v) is 12.7. The number of halogens is 4. The van der Waals surface area contributed by atoms with Crippen LogP contribution in [0, 0.1) is 5.82 Å². The summed E-state index contributed by atoms with van der Waals surface area (Å²) in [5, 5.41) is 5.68. The Morgan fingerprint density at radius 1 is 1.26 bits per heavy atom. The molecule has 100 valence electrons. The van der Waals surface area contributed by atoms with Crippen LogP contribution in [0.1, 0.15) is 0 Å². The first-order chi connectivity index (χ1) is 9.01. The van der Waals surface area contributed by atoms with E-state index in [2.05, 4.69) is 36.5 Å². The maximum atomic E-state index is 13.3. The fourth-order valence-electron chi connectivity index (χ4n) is 1.34. The van der Waals surface area contributed by atoms with Gasteiger partial charge in [0.1, 0.15) is 5.82 Å². The molecule has 2 aromatic rings. The molecule has 0 radical (unpaired) electrons. The number of nitrogens with zero attached hydrogens (tertiary/aromatic N) is 2. The van der Waals surface area contributed by atoms with E-state index in [1.807, 2.05) is 0 Å². The predicted octanol–water partition coefficient (Wildman–Crippen LogP) is 4.47. The lowest BCUT2D eigenvalue weighted by molar-refractivity contribution is 0.629. The quantitative estimate of drug-likeness (QED) is 0.788. The Kier molecular flexibility index (Phi) is 4.44. The van der Waals surface area contributed by atoms with Crippen molar-refractivity contribution < 1.29 is 4.39 Å². The van der Waals surface area contributed by atoms with Gasteiger partial charge in [-0.3, -0.25) is 0 Å². The van der Waals surface area contributed by atoms with Crippen LogP contribution < -0.4 is 10.6 Å². The monoisotopic (exact) mass is 364 g/mol. The molecule has 0 saturated carbocycles. The average Bonchev–Trinajstić information content (AvgIpc) is 2.38. The first-order valence-corrected chi connectivity index (χ1v) is 6.68. The van der Waals surface area contributed by atoms with Gasteiger partial charge < -0.3 is 10.6 Å². The highest BCUT2D eigenvalue weighted by atomic mass is 79.9. The van der Waals surface area contributed by atoms with Crippen LogP contribution in [0.2, 0.25) is 10.0 Å². The van der Waals surface area contributed by atoms with Gasteiger partial charge in [-0.2, -0.15) is 4.98 Å². The van der Waals surface area contributed by atoms with Crippen molar-refractivity contribution in [1.29, 1.82) is 0 Å². The molecular formula is C11H8BrCl2FN4. The summed E-state index contributed by atoms with van der Waals surface area (Å²) in [5.74, 6) is 0.314. The number of anilines is 3. The molecule has 8 heteroatoms. The molecule has 0 aliphatic carbocycles. The fourth-order valence-corrected chi connectivity index (χ4v) is 2.12. The number of benzene rings is 1. The lowest BCUT2D eigenvalue weighted by Crippen LogP contribution is -2.01. The number of nitrogens with one attached hydrogen (secondary N) is 2. The summed E-state index contributed by atoms with van der Waals surface area (Å²) in [7, 11) is 1.71. The highest BCUT2D eigenvalue weighted by molar-refractivity contribution is 9.10. The zero-order valence-electron chi connectivity index (χ0n) is 9.64. The van der Waals surface area contributed by atoms with Gasteiger partial charge in [-0.25, -0.2) is 9.37 Å². The van der Waals surface area contributed by atoms with Crippen LogP contribution in [-0.2, 0) is 0 Å². The first-order valence-electron chi connectivity index (χ1n) is 5.13. The molecule has 1 heterocycles. The van der Waals surface area contributed by atoms with Gasteiger partial charge in [0, 0.05) is 18.9 Å². The Labute approximate surface area is 127 Å². The molecule has 0 fully saturated rings. The van der Waals surface area contributed by atoms with Crippen molar-refractivity contribution in [2.24, 2.45) is 0 Å². The van der Waals surface area contributed by atoms with E-state index in [1.165, 1.54) is 12.1 Å². The van der Waals surface area contributed by atoms with Gasteiger partial charge in [0.15, 0.2) is 5.82 Å². The minimum Gasteiger partial charge on any atom is -0.357 e. The van der Waals surface area contributed by atoms with Crippen molar-refractivity contribution in [3.63, 3.8) is 0 Å². The molecule has 1 aromatic carbocycles. The summed E-state index contributed by atoms with van der Waals surface area (Å²) in [6, 6.07) is 2.85. The lowest BCUT2D eigenvalue weighted by atomic mass is 10.3. The van der Waals surface area contributed by atoms with E-state index in [-0.39, 0.29) is 10.0 Å². The number of aromatic nitrogens is 2. The first kappa shape index (κ1) is 14.3. The van der Waals surface area contributed by atoms with Gasteiger partial charge >= 0.3 is 0 Å². The van der Waals surface area contributed by atoms with E-state index >= 15 is 0 Å². The molecule has 0 aliphatic heterocycles. The minimum atomic E-state index is -0.647. The van der Waals surface area contributed by atoms with E-state index in [4.69, 9.17) is 23.2 Å². The molecule has 2 rings (SSSR count). The van der Waals surface area contributed by atoms with Gasteiger partial charge in [-0.05, 0) is 28.1 Å². The van der Waals surface area contributed by atoms with E-state index in [1.54, 1.807) is 13.2 Å². The zero-order chi connectivity index (χ0) is 14.0. The molecular weight excluding hydrogens is 358 g/mol. The topological polar surface area (TPSA) is 49.8 Å². The minimum absolute atomic E-state index is 0.0611. The summed E-state index contributed by atoms with van der Waals surface area (Å²) in [5.41, 5.74) is 0.526. The van der Waals surface area contributed by atoms with Crippen molar-refractivity contribution in [3.05, 3.63) is 38.7 Å². The van der Waals surface area contributed by atoms with Crippen molar-refractivity contribution in [1.82, 2.24) is 9.97 Å². The molecule has 4 nitrogen and oxygen atoms in total. The lowest BCUT2D eigenvalue weighted by Gasteiger charge is -2.10. The fraction of sp³-hybridized carbons (Fsp3) is 0.0909. The Bertz CT molecular complexity index is 601. The second kappa shape index (κ2) is 5.90. The maximum absolute atomic E-state index is 13.3. The molecule has 0 spiro atoms. The second-order valence-corrected chi connectivity index (χ2v) is 5.19. The van der Waals surface area contributed by atoms with Crippen LogP contribution in [0.4, 0.5) is 21.8 Å². The third kappa shape index (κ3) is 3.26. The SMILES string of the molecule is CNc1ncc(Br)c(Nc2cc(Cl)c(F)c(Cl)c2)n1. The molecule has 0 amide bonds. The van der Waals surface area contributed by atoms with Crippen molar-refractivity contribution in [3.8, 4) is 0 Å². The third-order valence-corrected chi connectivity index (χ3v) is 3.34. The van der Waals surface area contributed by atoms with Crippen LogP contribution >= 0.6 is 39.1 Å². The highest BCUT2D eigenvalue weighted by Gasteiger charge is 2.10. The van der Waals surface area contributed by atoms with Crippen molar-refractivity contribution in [2.45, 2.75) is 0 Å². The van der Waals surface area contributed by atoms with E-state index < -0.39 is 5.82 Å². The molecule has 0 unspecified atom stereocenters.